The van der Waals surface area contributed by atoms with E-state index in [1.807, 2.05) is 31.3 Å². The summed E-state index contributed by atoms with van der Waals surface area (Å²) in [5.41, 5.74) is 16.7. The molecule has 0 amide bonds. The second-order valence-corrected chi connectivity index (χ2v) is 6.97. The number of aromatic nitrogens is 2. The summed E-state index contributed by atoms with van der Waals surface area (Å²) in [6, 6.07) is 3.85. The van der Waals surface area contributed by atoms with Crippen LogP contribution in [0, 0.1) is 0 Å². The Kier molecular flexibility index (Phi) is 6.06. The fourth-order valence-electron chi connectivity index (χ4n) is 3.29. The van der Waals surface area contributed by atoms with Gasteiger partial charge in [-0.15, -0.1) is 0 Å². The molecule has 2 aromatic heterocycles. The molecule has 0 aromatic carbocycles. The van der Waals surface area contributed by atoms with E-state index in [1.54, 1.807) is 6.08 Å². The molecule has 0 saturated carbocycles. The van der Waals surface area contributed by atoms with Crippen LogP contribution in [0.5, 0.6) is 0 Å². The van der Waals surface area contributed by atoms with Crippen LogP contribution in [0.15, 0.2) is 58.3 Å². The van der Waals surface area contributed by atoms with Crippen LogP contribution < -0.4 is 17.0 Å². The highest BCUT2D eigenvalue weighted by atomic mass is 16.1. The van der Waals surface area contributed by atoms with Crippen molar-refractivity contribution in [1.82, 2.24) is 14.9 Å². The van der Waals surface area contributed by atoms with Gasteiger partial charge in [0.25, 0.3) is 5.56 Å². The molecule has 0 bridgehead atoms. The van der Waals surface area contributed by atoms with Gasteiger partial charge in [-0.25, -0.2) is 0 Å². The number of rotatable bonds is 6. The van der Waals surface area contributed by atoms with E-state index in [2.05, 4.69) is 14.9 Å². The number of carbonyl (C=O) groups is 1. The molecule has 2 aromatic rings. The Morgan fingerprint density at radius 1 is 1.29 bits per heavy atom. The number of aldehydes is 1. The Bertz CT molecular complexity index is 1030. The molecule has 1 saturated heterocycles. The Hall–Kier alpha value is -3.19. The lowest BCUT2D eigenvalue weighted by Crippen LogP contribution is -2.19. The predicted octanol–water partition coefficient (Wildman–Crippen LogP) is 1.50. The lowest BCUT2D eigenvalue weighted by atomic mass is 10.1. The third kappa shape index (κ3) is 4.75. The average Bonchev–Trinajstić information content (AvgIpc) is 3.12. The van der Waals surface area contributed by atoms with Crippen molar-refractivity contribution in [2.45, 2.75) is 26.3 Å². The molecular formula is C21H25N5O2. The molecule has 0 atom stereocenters. The fourth-order valence-corrected chi connectivity index (χ4v) is 3.29. The summed E-state index contributed by atoms with van der Waals surface area (Å²) in [7, 11) is 0. The van der Waals surface area contributed by atoms with E-state index in [1.165, 1.54) is 11.6 Å². The van der Waals surface area contributed by atoms with Gasteiger partial charge < -0.3 is 16.5 Å². The Balaban J connectivity index is 1.69. The highest BCUT2D eigenvalue weighted by molar-refractivity contribution is 5.75. The summed E-state index contributed by atoms with van der Waals surface area (Å²) in [5, 5.41) is 0. The summed E-state index contributed by atoms with van der Waals surface area (Å²) < 4.78 is 0. The lowest BCUT2D eigenvalue weighted by molar-refractivity contribution is -0.104. The molecule has 0 spiro atoms. The molecule has 1 aliphatic heterocycles. The van der Waals surface area contributed by atoms with Crippen molar-refractivity contribution >= 4 is 17.3 Å². The van der Waals surface area contributed by atoms with Crippen LogP contribution in [-0.2, 0) is 17.8 Å². The van der Waals surface area contributed by atoms with Gasteiger partial charge in [0, 0.05) is 37.1 Å². The Labute approximate surface area is 163 Å². The van der Waals surface area contributed by atoms with Crippen molar-refractivity contribution in [1.29, 1.82) is 0 Å². The van der Waals surface area contributed by atoms with Crippen LogP contribution in [-0.4, -0.2) is 34.2 Å². The third-order valence-electron chi connectivity index (χ3n) is 4.76. The molecule has 7 heteroatoms. The van der Waals surface area contributed by atoms with Gasteiger partial charge in [0.1, 0.15) is 0 Å². The van der Waals surface area contributed by atoms with E-state index in [0.29, 0.717) is 18.4 Å². The van der Waals surface area contributed by atoms with Crippen LogP contribution in [0.4, 0.5) is 0 Å². The molecule has 0 aliphatic carbocycles. The molecule has 28 heavy (non-hydrogen) atoms. The van der Waals surface area contributed by atoms with Gasteiger partial charge in [-0.05, 0) is 48.8 Å². The molecule has 3 rings (SSSR count). The second kappa shape index (κ2) is 8.67. The number of hydrogen-bond acceptors (Lipinski definition) is 6. The number of nitrogens with two attached hydrogens (primary N) is 2. The second-order valence-electron chi connectivity index (χ2n) is 6.97. The van der Waals surface area contributed by atoms with Gasteiger partial charge >= 0.3 is 0 Å². The smallest absolute Gasteiger partial charge is 0.251 e. The maximum atomic E-state index is 12.0. The van der Waals surface area contributed by atoms with E-state index in [0.717, 1.165) is 48.2 Å². The van der Waals surface area contributed by atoms with Crippen LogP contribution >= 0.6 is 0 Å². The summed E-state index contributed by atoms with van der Waals surface area (Å²) >= 11 is 0. The van der Waals surface area contributed by atoms with Crippen LogP contribution in [0.1, 0.15) is 24.5 Å². The summed E-state index contributed by atoms with van der Waals surface area (Å²) in [6.07, 6.45) is 9.12. The van der Waals surface area contributed by atoms with Gasteiger partial charge in [0.15, 0.2) is 6.29 Å². The topological polar surface area (TPSA) is 118 Å². The van der Waals surface area contributed by atoms with Crippen molar-refractivity contribution in [2.24, 2.45) is 11.5 Å². The zero-order valence-electron chi connectivity index (χ0n) is 15.9. The van der Waals surface area contributed by atoms with E-state index in [-0.39, 0.29) is 11.3 Å². The minimum absolute atomic E-state index is 0.0492. The molecular weight excluding hydrogens is 354 g/mol. The average molecular weight is 379 g/mol. The lowest BCUT2D eigenvalue weighted by Gasteiger charge is -2.14. The maximum Gasteiger partial charge on any atom is 0.251 e. The standard InChI is InChI=1S/C21H25N5O2/c1-2-16-9-19-20(25-21(16)28)8-15(10-24-19)12-26-6-5-14(11-26)7-17(22)3-4-18(23)13-27/h3-4,7-10,13H,2,5-6,11-12,22-23H2,1H3,(H,25,28)/b14-7+,17-3-,18-4-. The Morgan fingerprint density at radius 2 is 2.07 bits per heavy atom. The number of aryl methyl sites for hydroxylation is 1. The number of fused-ring (bicyclic) bond motifs is 1. The van der Waals surface area contributed by atoms with Crippen molar-refractivity contribution < 1.29 is 4.79 Å². The van der Waals surface area contributed by atoms with Gasteiger partial charge in [-0.3, -0.25) is 19.5 Å². The quantitative estimate of drug-likeness (QED) is 0.398. The first kappa shape index (κ1) is 19.6. The van der Waals surface area contributed by atoms with Gasteiger partial charge in [0.05, 0.1) is 16.7 Å². The molecule has 7 nitrogen and oxygen atoms in total. The number of hydrogen-bond donors (Lipinski definition) is 3. The van der Waals surface area contributed by atoms with Crippen LogP contribution in [0.25, 0.3) is 11.0 Å². The largest absolute Gasteiger partial charge is 0.399 e. The molecule has 0 radical (unpaired) electrons. The number of H-pyrrole nitrogens is 1. The predicted molar refractivity (Wildman–Crippen MR) is 110 cm³/mol. The minimum Gasteiger partial charge on any atom is -0.399 e. The van der Waals surface area contributed by atoms with Crippen molar-refractivity contribution in [3.05, 3.63) is 75.0 Å². The Morgan fingerprint density at radius 3 is 2.82 bits per heavy atom. The molecule has 1 fully saturated rings. The van der Waals surface area contributed by atoms with Crippen LogP contribution in [0.2, 0.25) is 0 Å². The minimum atomic E-state index is -0.0492. The molecule has 1 aliphatic rings. The van der Waals surface area contributed by atoms with Gasteiger partial charge in [-0.2, -0.15) is 0 Å². The van der Waals surface area contributed by atoms with E-state index < -0.39 is 0 Å². The van der Waals surface area contributed by atoms with Crippen molar-refractivity contribution in [3.63, 3.8) is 0 Å². The number of allylic oxidation sites excluding steroid dienone is 4. The number of nitrogens with zero attached hydrogens (tertiary/aromatic N) is 2. The first-order valence-corrected chi connectivity index (χ1v) is 9.29. The SMILES string of the molecule is CCc1cc2ncc(CN3CC\C(=C/C(N)=C/C=C(\N)C=O)C3)cc2[nH]c1=O. The summed E-state index contributed by atoms with van der Waals surface area (Å²) in [4.78, 5) is 32.3. The first-order chi connectivity index (χ1) is 13.5. The van der Waals surface area contributed by atoms with Gasteiger partial charge in [-0.1, -0.05) is 12.5 Å². The monoisotopic (exact) mass is 379 g/mol. The van der Waals surface area contributed by atoms with Crippen molar-refractivity contribution in [2.75, 3.05) is 13.1 Å². The summed E-state index contributed by atoms with van der Waals surface area (Å²) in [6.45, 7) is 4.44. The highest BCUT2D eigenvalue weighted by Gasteiger charge is 2.17. The summed E-state index contributed by atoms with van der Waals surface area (Å²) in [5.74, 6) is 0. The zero-order valence-corrected chi connectivity index (χ0v) is 15.9. The van der Waals surface area contributed by atoms with Gasteiger partial charge in [0.2, 0.25) is 0 Å². The number of carbonyl (C=O) groups excluding carboxylic acids is 1. The first-order valence-electron chi connectivity index (χ1n) is 9.29. The zero-order chi connectivity index (χ0) is 20.1. The third-order valence-corrected chi connectivity index (χ3v) is 4.76. The number of pyridine rings is 2. The van der Waals surface area contributed by atoms with Crippen LogP contribution in [0.3, 0.4) is 0 Å². The van der Waals surface area contributed by atoms with Crippen molar-refractivity contribution in [3.8, 4) is 0 Å². The van der Waals surface area contributed by atoms with E-state index in [9.17, 15) is 9.59 Å². The normalized spacial score (nSPS) is 17.5. The number of aromatic amines is 1. The molecule has 0 unspecified atom stereocenters. The maximum absolute atomic E-state index is 12.0. The molecule has 5 N–H and O–H groups in total. The number of likely N-dealkylation sites (tertiary alicyclic amines) is 1. The van der Waals surface area contributed by atoms with E-state index >= 15 is 0 Å². The molecule has 146 valence electrons. The molecule has 3 heterocycles. The van der Waals surface area contributed by atoms with E-state index in [4.69, 9.17) is 11.5 Å². The highest BCUT2D eigenvalue weighted by Crippen LogP contribution is 2.20. The fraction of sp³-hybridized carbons (Fsp3) is 0.286. The number of nitrogens with one attached hydrogen (secondary N) is 1.